The van der Waals surface area contributed by atoms with Gasteiger partial charge in [-0.3, -0.25) is 14.4 Å². The molecular weight excluding hydrogens is 422 g/mol. The predicted octanol–water partition coefficient (Wildman–Crippen LogP) is 3.02. The molecule has 2 atom stereocenters. The number of carboxylic acid groups (broad SMARTS) is 2. The molecule has 7 nitrogen and oxygen atoms in total. The van der Waals surface area contributed by atoms with E-state index in [4.69, 9.17) is 0 Å². The lowest BCUT2D eigenvalue weighted by Gasteiger charge is -2.51. The second-order valence-electron chi connectivity index (χ2n) is 8.63. The topological polar surface area (TPSA) is 112 Å². The van der Waals surface area contributed by atoms with Gasteiger partial charge in [0.05, 0.1) is 23.1 Å². The summed E-state index contributed by atoms with van der Waals surface area (Å²) in [5, 5.41) is 19.8. The van der Waals surface area contributed by atoms with Gasteiger partial charge in [-0.2, -0.15) is 0 Å². The Balaban J connectivity index is 1.61. The van der Waals surface area contributed by atoms with Crippen LogP contribution in [-0.2, 0) is 19.8 Å². The number of carbonyl (C=O) groups excluding carboxylic acids is 2. The minimum atomic E-state index is -1.69. The predicted molar refractivity (Wildman–Crippen MR) is 116 cm³/mol. The Morgan fingerprint density at radius 3 is 1.82 bits per heavy atom. The number of carboxylic acids is 2. The third-order valence-corrected chi connectivity index (χ3v) is 7.33. The summed E-state index contributed by atoms with van der Waals surface area (Å²) in [5.41, 5.74) is 1.18. The van der Waals surface area contributed by atoms with Crippen molar-refractivity contribution in [3.63, 3.8) is 0 Å². The van der Waals surface area contributed by atoms with Gasteiger partial charge in [-0.05, 0) is 46.5 Å². The van der Waals surface area contributed by atoms with Gasteiger partial charge < -0.3 is 10.2 Å². The van der Waals surface area contributed by atoms with Crippen LogP contribution in [0.1, 0.15) is 38.5 Å². The van der Waals surface area contributed by atoms with Crippen LogP contribution >= 0.6 is 0 Å². The highest BCUT2D eigenvalue weighted by atomic mass is 16.4. The summed E-state index contributed by atoms with van der Waals surface area (Å²) >= 11 is 0. The Hall–Kier alpha value is -4.26. The molecule has 0 spiro atoms. The first-order chi connectivity index (χ1) is 15.9. The van der Waals surface area contributed by atoms with E-state index in [0.29, 0.717) is 11.1 Å². The summed E-state index contributed by atoms with van der Waals surface area (Å²) in [7, 11) is 0. The van der Waals surface area contributed by atoms with Gasteiger partial charge in [-0.1, -0.05) is 48.5 Å². The minimum Gasteiger partial charge on any atom is -0.480 e. The zero-order valence-electron chi connectivity index (χ0n) is 17.1. The lowest BCUT2D eigenvalue weighted by molar-refractivity contribution is -0.149. The molecule has 1 fully saturated rings. The highest BCUT2D eigenvalue weighted by molar-refractivity contribution is 6.25. The number of benzene rings is 3. The maximum atomic E-state index is 13.8. The molecule has 2 amide bonds. The molecule has 2 N–H and O–H groups in total. The van der Waals surface area contributed by atoms with E-state index in [2.05, 4.69) is 0 Å². The van der Waals surface area contributed by atoms with Crippen molar-refractivity contribution < 1.29 is 29.4 Å². The van der Waals surface area contributed by atoms with Gasteiger partial charge in [0.15, 0.2) is 0 Å². The number of carbonyl (C=O) groups is 4. The average Bonchev–Trinajstić information content (AvgIpc) is 3.09. The fourth-order valence-electron chi connectivity index (χ4n) is 6.14. The van der Waals surface area contributed by atoms with E-state index in [1.54, 1.807) is 24.3 Å². The summed E-state index contributed by atoms with van der Waals surface area (Å²) < 4.78 is 0. The molecule has 3 aromatic carbocycles. The van der Waals surface area contributed by atoms with Gasteiger partial charge in [0, 0.05) is 5.92 Å². The number of aromatic carboxylic acids is 1. The van der Waals surface area contributed by atoms with E-state index >= 15 is 0 Å². The van der Waals surface area contributed by atoms with Crippen LogP contribution in [0.3, 0.4) is 0 Å². The van der Waals surface area contributed by atoms with Gasteiger partial charge >= 0.3 is 11.9 Å². The molecule has 4 aliphatic rings. The number of hydrogen-bond acceptors (Lipinski definition) is 4. The first kappa shape index (κ1) is 19.4. The van der Waals surface area contributed by atoms with Crippen LogP contribution in [0.4, 0.5) is 5.69 Å². The summed E-state index contributed by atoms with van der Waals surface area (Å²) in [6.07, 6.45) is 0. The molecule has 162 valence electrons. The third kappa shape index (κ3) is 2.18. The quantitative estimate of drug-likeness (QED) is 0.607. The molecular formula is C26H17NO6. The summed E-state index contributed by atoms with van der Waals surface area (Å²) in [6.45, 7) is 0. The molecule has 7 rings (SSSR count). The normalized spacial score (nSPS) is 26.5. The minimum absolute atomic E-state index is 0.0251. The molecule has 3 aromatic rings. The van der Waals surface area contributed by atoms with Crippen molar-refractivity contribution in [2.75, 3.05) is 4.90 Å². The third-order valence-electron chi connectivity index (χ3n) is 7.33. The van der Waals surface area contributed by atoms with Crippen molar-refractivity contribution in [1.82, 2.24) is 0 Å². The maximum Gasteiger partial charge on any atom is 0.335 e. The molecule has 3 aliphatic carbocycles. The Morgan fingerprint density at radius 2 is 1.30 bits per heavy atom. The number of nitrogens with zero attached hydrogens (tertiary/aromatic N) is 1. The van der Waals surface area contributed by atoms with Crippen LogP contribution < -0.4 is 4.90 Å². The first-order valence-corrected chi connectivity index (χ1v) is 10.5. The number of amides is 2. The standard InChI is InChI=1S/C26H17NO6/c28-22-20-19-15-5-1-3-7-17(15)26(25(32)33,18-8-4-2-6-16(18)19)21(20)23(29)27(22)14-11-9-13(10-12-14)24(30)31/h1-12,19-21H,(H,30,31)(H,32,33). The molecule has 0 saturated carbocycles. The van der Waals surface area contributed by atoms with E-state index < -0.39 is 46.9 Å². The largest absolute Gasteiger partial charge is 0.480 e. The average molecular weight is 439 g/mol. The Kier molecular flexibility index (Phi) is 3.76. The van der Waals surface area contributed by atoms with Crippen molar-refractivity contribution in [2.24, 2.45) is 11.8 Å². The second-order valence-corrected chi connectivity index (χ2v) is 8.63. The second kappa shape index (κ2) is 6.38. The van der Waals surface area contributed by atoms with Gasteiger partial charge in [0.2, 0.25) is 11.8 Å². The first-order valence-electron chi connectivity index (χ1n) is 10.5. The summed E-state index contributed by atoms with van der Waals surface area (Å²) in [5.74, 6) is -5.74. The Labute approximate surface area is 187 Å². The van der Waals surface area contributed by atoms with Gasteiger partial charge in [0.25, 0.3) is 0 Å². The number of anilines is 1. The Morgan fingerprint density at radius 1 is 0.758 bits per heavy atom. The van der Waals surface area contributed by atoms with Crippen LogP contribution in [0.2, 0.25) is 0 Å². The molecule has 2 unspecified atom stereocenters. The smallest absolute Gasteiger partial charge is 0.335 e. The molecule has 1 heterocycles. The van der Waals surface area contributed by atoms with Crippen LogP contribution in [0.5, 0.6) is 0 Å². The highest BCUT2D eigenvalue weighted by Gasteiger charge is 2.71. The number of rotatable bonds is 3. The van der Waals surface area contributed by atoms with E-state index in [-0.39, 0.29) is 11.3 Å². The SMILES string of the molecule is O=C(O)c1ccc(N2C(=O)C3C4c5ccccc5C(C(=O)O)(c5ccccc54)C3C2=O)cc1. The fraction of sp³-hybridized carbons (Fsp3) is 0.154. The number of imide groups is 1. The van der Waals surface area contributed by atoms with E-state index in [9.17, 15) is 29.4 Å². The van der Waals surface area contributed by atoms with E-state index in [1.807, 2.05) is 24.3 Å². The van der Waals surface area contributed by atoms with Crippen molar-refractivity contribution >= 4 is 29.4 Å². The monoisotopic (exact) mass is 439 g/mol. The van der Waals surface area contributed by atoms with Crippen LogP contribution in [0, 0.1) is 11.8 Å². The number of hydrogen-bond donors (Lipinski definition) is 2. The van der Waals surface area contributed by atoms with Crippen LogP contribution in [0.15, 0.2) is 72.8 Å². The van der Waals surface area contributed by atoms with Crippen molar-refractivity contribution in [2.45, 2.75) is 11.3 Å². The molecule has 0 aromatic heterocycles. The van der Waals surface area contributed by atoms with E-state index in [0.717, 1.165) is 16.0 Å². The fourth-order valence-corrected chi connectivity index (χ4v) is 6.14. The van der Waals surface area contributed by atoms with E-state index in [1.165, 1.54) is 24.3 Å². The zero-order valence-corrected chi connectivity index (χ0v) is 17.1. The van der Waals surface area contributed by atoms with Crippen molar-refractivity contribution in [3.8, 4) is 0 Å². The van der Waals surface area contributed by atoms with Crippen molar-refractivity contribution in [3.05, 3.63) is 101 Å². The maximum absolute atomic E-state index is 13.8. The molecule has 33 heavy (non-hydrogen) atoms. The molecule has 7 heteroatoms. The lowest BCUT2D eigenvalue weighted by atomic mass is 9.47. The molecule has 2 bridgehead atoms. The molecule has 0 radical (unpaired) electrons. The van der Waals surface area contributed by atoms with Crippen LogP contribution in [0.25, 0.3) is 0 Å². The van der Waals surface area contributed by atoms with Gasteiger partial charge in [-0.25, -0.2) is 9.69 Å². The molecule has 1 aliphatic heterocycles. The van der Waals surface area contributed by atoms with Gasteiger partial charge in [-0.15, -0.1) is 0 Å². The zero-order chi connectivity index (χ0) is 23.1. The summed E-state index contributed by atoms with van der Waals surface area (Å²) in [4.78, 5) is 52.9. The number of aliphatic carboxylic acids is 1. The Bertz CT molecular complexity index is 1340. The highest BCUT2D eigenvalue weighted by Crippen LogP contribution is 2.64. The van der Waals surface area contributed by atoms with Crippen LogP contribution in [-0.4, -0.2) is 34.0 Å². The van der Waals surface area contributed by atoms with Crippen molar-refractivity contribution in [1.29, 1.82) is 0 Å². The van der Waals surface area contributed by atoms with Gasteiger partial charge in [0.1, 0.15) is 5.41 Å². The summed E-state index contributed by atoms with van der Waals surface area (Å²) in [6, 6.07) is 19.8. The lowest BCUT2D eigenvalue weighted by Crippen LogP contribution is -2.57. The molecule has 1 saturated heterocycles.